The fourth-order valence-corrected chi connectivity index (χ4v) is 3.16. The number of hydrogen-bond acceptors (Lipinski definition) is 6. The zero-order valence-electron chi connectivity index (χ0n) is 14.6. The Morgan fingerprint density at radius 3 is 2.52 bits per heavy atom. The van der Waals surface area contributed by atoms with E-state index in [1.54, 1.807) is 0 Å². The van der Waals surface area contributed by atoms with E-state index in [0.717, 1.165) is 0 Å². The number of carbonyl (C=O) groups excluding carboxylic acids is 1. The van der Waals surface area contributed by atoms with Gasteiger partial charge in [0, 0.05) is 44.6 Å². The van der Waals surface area contributed by atoms with E-state index in [1.807, 2.05) is 0 Å². The molecule has 0 aliphatic carbocycles. The first-order valence-corrected chi connectivity index (χ1v) is 9.48. The molecule has 0 unspecified atom stereocenters. The van der Waals surface area contributed by atoms with Crippen molar-refractivity contribution in [3.05, 3.63) is 57.4 Å². The summed E-state index contributed by atoms with van der Waals surface area (Å²) < 4.78 is 32.5. The number of amides is 1. The first-order valence-electron chi connectivity index (χ1n) is 8.00. The molecule has 0 saturated heterocycles. The maximum absolute atomic E-state index is 12.0. The summed E-state index contributed by atoms with van der Waals surface area (Å²) in [6.07, 6.45) is 1.31. The highest BCUT2D eigenvalue weighted by Crippen LogP contribution is 2.14. The fraction of sp³-hybridized carbons (Fsp3) is 0.312. The fourth-order valence-electron chi connectivity index (χ4n) is 2.14. The predicted octanol–water partition coefficient (Wildman–Crippen LogP) is -0.510. The van der Waals surface area contributed by atoms with Crippen LogP contribution in [0.1, 0.15) is 6.42 Å². The molecule has 0 bridgehead atoms. The Morgan fingerprint density at radius 2 is 1.89 bits per heavy atom. The summed E-state index contributed by atoms with van der Waals surface area (Å²) in [6, 6.07) is 6.87. The van der Waals surface area contributed by atoms with Crippen LogP contribution in [0.5, 0.6) is 0 Å². The van der Waals surface area contributed by atoms with Crippen LogP contribution in [0.15, 0.2) is 51.0 Å². The highest BCUT2D eigenvalue weighted by molar-refractivity contribution is 7.89. The third kappa shape index (κ3) is 6.16. The second-order valence-electron chi connectivity index (χ2n) is 5.52. The van der Waals surface area contributed by atoms with Gasteiger partial charge < -0.3 is 14.6 Å². The van der Waals surface area contributed by atoms with Crippen molar-refractivity contribution in [3.63, 3.8) is 0 Å². The number of methoxy groups -OCH3 is 1. The van der Waals surface area contributed by atoms with Crippen LogP contribution >= 0.6 is 0 Å². The van der Waals surface area contributed by atoms with E-state index in [9.17, 15) is 22.8 Å². The number of hydrogen-bond donors (Lipinski definition) is 3. The van der Waals surface area contributed by atoms with Gasteiger partial charge in [0.05, 0.1) is 11.5 Å². The molecule has 11 heteroatoms. The minimum absolute atomic E-state index is 0.00454. The van der Waals surface area contributed by atoms with Crippen molar-refractivity contribution in [1.29, 1.82) is 0 Å². The van der Waals surface area contributed by atoms with Crippen LogP contribution in [-0.2, 0) is 26.1 Å². The third-order valence-electron chi connectivity index (χ3n) is 3.52. The topological polar surface area (TPSA) is 139 Å². The highest BCUT2D eigenvalue weighted by Gasteiger charge is 2.13. The van der Waals surface area contributed by atoms with Gasteiger partial charge in [-0.05, 0) is 24.3 Å². The molecule has 3 N–H and O–H groups in total. The van der Waals surface area contributed by atoms with Gasteiger partial charge in [-0.15, -0.1) is 0 Å². The average molecular weight is 396 g/mol. The maximum Gasteiger partial charge on any atom is 0.328 e. The van der Waals surface area contributed by atoms with Gasteiger partial charge in [0.25, 0.3) is 5.56 Å². The second-order valence-corrected chi connectivity index (χ2v) is 7.28. The average Bonchev–Trinajstić information content (AvgIpc) is 2.61. The number of aromatic nitrogens is 2. The number of anilines is 1. The van der Waals surface area contributed by atoms with E-state index >= 15 is 0 Å². The standard InChI is InChI=1S/C16H20N4O6S/c1-26-11-8-17-27(24,25)13-4-2-12(3-5-13)18-14(21)6-9-20-10-7-15(22)19-16(20)23/h2-5,7,10,17H,6,8-9,11H2,1H3,(H,18,21)(H,19,22,23). The molecule has 0 atom stereocenters. The number of nitrogens with zero attached hydrogens (tertiary/aromatic N) is 1. The molecule has 146 valence electrons. The largest absolute Gasteiger partial charge is 0.383 e. The molecular weight excluding hydrogens is 376 g/mol. The molecule has 0 radical (unpaired) electrons. The minimum Gasteiger partial charge on any atom is -0.383 e. The summed E-state index contributed by atoms with van der Waals surface area (Å²) in [4.78, 5) is 36.7. The van der Waals surface area contributed by atoms with Crippen molar-refractivity contribution in [2.45, 2.75) is 17.9 Å². The quantitative estimate of drug-likeness (QED) is 0.488. The number of ether oxygens (including phenoxy) is 1. The Hall–Kier alpha value is -2.76. The molecule has 1 amide bonds. The maximum atomic E-state index is 12.0. The summed E-state index contributed by atoms with van der Waals surface area (Å²) in [5.41, 5.74) is -0.678. The SMILES string of the molecule is COCCNS(=O)(=O)c1ccc(NC(=O)CCn2ccc(=O)[nH]c2=O)cc1. The predicted molar refractivity (Wildman–Crippen MR) is 98.1 cm³/mol. The van der Waals surface area contributed by atoms with Crippen LogP contribution in [0.2, 0.25) is 0 Å². The Labute approximate surface area is 155 Å². The van der Waals surface area contributed by atoms with Crippen LogP contribution < -0.4 is 21.3 Å². The Kier molecular flexibility index (Phi) is 7.05. The summed E-state index contributed by atoms with van der Waals surface area (Å²) in [5.74, 6) is -0.359. The smallest absolute Gasteiger partial charge is 0.328 e. The molecule has 2 rings (SSSR count). The first kappa shape index (κ1) is 20.6. The van der Waals surface area contributed by atoms with Gasteiger partial charge in [-0.2, -0.15) is 0 Å². The Bertz CT molecular complexity index is 995. The van der Waals surface area contributed by atoms with Gasteiger partial charge in [0.2, 0.25) is 15.9 Å². The molecular formula is C16H20N4O6S. The molecule has 27 heavy (non-hydrogen) atoms. The third-order valence-corrected chi connectivity index (χ3v) is 5.00. The van der Waals surface area contributed by atoms with Crippen molar-refractivity contribution in [2.75, 3.05) is 25.6 Å². The Balaban J connectivity index is 1.92. The van der Waals surface area contributed by atoms with Gasteiger partial charge in [-0.1, -0.05) is 0 Å². The molecule has 2 aromatic rings. The number of rotatable bonds is 9. The lowest BCUT2D eigenvalue weighted by Gasteiger charge is -2.09. The second kappa shape index (κ2) is 9.26. The van der Waals surface area contributed by atoms with Crippen LogP contribution in [0.3, 0.4) is 0 Å². The van der Waals surface area contributed by atoms with Gasteiger partial charge in [0.1, 0.15) is 0 Å². The van der Waals surface area contributed by atoms with Gasteiger partial charge in [-0.3, -0.25) is 14.6 Å². The van der Waals surface area contributed by atoms with Gasteiger partial charge >= 0.3 is 5.69 Å². The molecule has 1 heterocycles. The van der Waals surface area contributed by atoms with Crippen LogP contribution in [0.25, 0.3) is 0 Å². The zero-order chi connectivity index (χ0) is 19.9. The van der Waals surface area contributed by atoms with Crippen LogP contribution in [0.4, 0.5) is 5.69 Å². The van der Waals surface area contributed by atoms with Crippen molar-refractivity contribution >= 4 is 21.6 Å². The molecule has 1 aromatic carbocycles. The zero-order valence-corrected chi connectivity index (χ0v) is 15.4. The number of H-pyrrole nitrogens is 1. The normalized spacial score (nSPS) is 11.3. The number of carbonyl (C=O) groups is 1. The highest BCUT2D eigenvalue weighted by atomic mass is 32.2. The number of aromatic amines is 1. The Morgan fingerprint density at radius 1 is 1.19 bits per heavy atom. The monoisotopic (exact) mass is 396 g/mol. The molecule has 0 saturated carbocycles. The van der Waals surface area contributed by atoms with E-state index < -0.39 is 21.3 Å². The lowest BCUT2D eigenvalue weighted by atomic mass is 10.3. The molecule has 1 aromatic heterocycles. The van der Waals surface area contributed by atoms with Crippen molar-refractivity contribution in [3.8, 4) is 0 Å². The van der Waals surface area contributed by atoms with Crippen molar-refractivity contribution in [1.82, 2.24) is 14.3 Å². The van der Waals surface area contributed by atoms with E-state index in [4.69, 9.17) is 4.74 Å². The van der Waals surface area contributed by atoms with E-state index in [-0.39, 0.29) is 36.9 Å². The summed E-state index contributed by atoms with van der Waals surface area (Å²) in [5, 5.41) is 2.61. The molecule has 0 aliphatic heterocycles. The molecule has 0 aliphatic rings. The number of aryl methyl sites for hydroxylation is 1. The summed E-state index contributed by atoms with van der Waals surface area (Å²) >= 11 is 0. The molecule has 0 spiro atoms. The van der Waals surface area contributed by atoms with E-state index in [1.165, 1.54) is 48.2 Å². The van der Waals surface area contributed by atoms with Crippen LogP contribution in [0, 0.1) is 0 Å². The minimum atomic E-state index is -3.64. The summed E-state index contributed by atoms with van der Waals surface area (Å²) in [6.45, 7) is 0.504. The van der Waals surface area contributed by atoms with Gasteiger partial charge in [0.15, 0.2) is 0 Å². The number of sulfonamides is 1. The lowest BCUT2D eigenvalue weighted by Crippen LogP contribution is -2.29. The van der Waals surface area contributed by atoms with Crippen molar-refractivity contribution in [2.24, 2.45) is 0 Å². The first-order chi connectivity index (χ1) is 12.8. The van der Waals surface area contributed by atoms with Crippen LogP contribution in [-0.4, -0.2) is 44.1 Å². The summed E-state index contributed by atoms with van der Waals surface area (Å²) in [7, 11) is -2.17. The van der Waals surface area contributed by atoms with E-state index in [2.05, 4.69) is 15.0 Å². The lowest BCUT2D eigenvalue weighted by molar-refractivity contribution is -0.116. The number of nitrogens with one attached hydrogen (secondary N) is 3. The number of benzene rings is 1. The van der Waals surface area contributed by atoms with Gasteiger partial charge in [-0.25, -0.2) is 17.9 Å². The molecule has 0 fully saturated rings. The van der Waals surface area contributed by atoms with E-state index in [0.29, 0.717) is 5.69 Å². The van der Waals surface area contributed by atoms with Crippen molar-refractivity contribution < 1.29 is 17.9 Å². The molecule has 10 nitrogen and oxygen atoms in total.